The van der Waals surface area contributed by atoms with Crippen LogP contribution in [0, 0.1) is 0 Å². The lowest BCUT2D eigenvalue weighted by atomic mass is 10.1. The summed E-state index contributed by atoms with van der Waals surface area (Å²) in [6.45, 7) is 1.90. The van der Waals surface area contributed by atoms with Crippen LogP contribution in [0.1, 0.15) is 16.8 Å². The molecule has 4 rings (SSSR count). The van der Waals surface area contributed by atoms with Crippen LogP contribution in [0.15, 0.2) is 40.5 Å². The summed E-state index contributed by atoms with van der Waals surface area (Å²) < 4.78 is 5.24. The van der Waals surface area contributed by atoms with Gasteiger partial charge in [0.15, 0.2) is 5.82 Å². The van der Waals surface area contributed by atoms with E-state index >= 15 is 0 Å². The molecule has 1 aliphatic rings. The van der Waals surface area contributed by atoms with Crippen molar-refractivity contribution in [1.29, 1.82) is 0 Å². The predicted molar refractivity (Wildman–Crippen MR) is 101 cm³/mol. The van der Waals surface area contributed by atoms with Gasteiger partial charge in [-0.15, -0.1) is 11.3 Å². The van der Waals surface area contributed by atoms with E-state index in [0.717, 1.165) is 28.2 Å². The average molecular weight is 369 g/mol. The number of ether oxygens (including phenoxy) is 1. The molecule has 1 aromatic carbocycles. The minimum Gasteiger partial charge on any atom is -0.508 e. The van der Waals surface area contributed by atoms with Crippen LogP contribution in [-0.2, 0) is 19.5 Å². The summed E-state index contributed by atoms with van der Waals surface area (Å²) in [5, 5.41) is 12.1. The Kier molecular flexibility index (Phi) is 4.48. The third-order valence-corrected chi connectivity index (χ3v) is 5.46. The minimum absolute atomic E-state index is 0.0534. The van der Waals surface area contributed by atoms with Crippen LogP contribution in [0.5, 0.6) is 11.5 Å². The Balaban J connectivity index is 1.60. The number of benzene rings is 1. The third-order valence-electron chi connectivity index (χ3n) is 4.59. The first-order chi connectivity index (χ1) is 12.6. The molecule has 0 saturated carbocycles. The van der Waals surface area contributed by atoms with Crippen LogP contribution in [-0.4, -0.2) is 33.6 Å². The van der Waals surface area contributed by atoms with Crippen molar-refractivity contribution in [2.75, 3.05) is 13.7 Å². The average Bonchev–Trinajstić information content (AvgIpc) is 3.18. The standard InChI is InChI=1S/C19H19N3O3S/c1-25-13-4-5-16(23)12(9-13)10-22-7-6-14-15(11-22)20-18(21-19(14)24)17-3-2-8-26-17/h2-5,8-9,23H,6-7,10-11H2,1H3,(H,20,21,24). The fourth-order valence-corrected chi connectivity index (χ4v) is 3.88. The lowest BCUT2D eigenvalue weighted by molar-refractivity contribution is 0.237. The van der Waals surface area contributed by atoms with Crippen molar-refractivity contribution in [3.05, 3.63) is 62.9 Å². The van der Waals surface area contributed by atoms with Crippen LogP contribution < -0.4 is 10.3 Å². The fraction of sp³-hybridized carbons (Fsp3) is 0.263. The van der Waals surface area contributed by atoms with Crippen LogP contribution in [0.2, 0.25) is 0 Å². The van der Waals surface area contributed by atoms with E-state index in [9.17, 15) is 9.90 Å². The molecular weight excluding hydrogens is 350 g/mol. The minimum atomic E-state index is -0.0534. The molecule has 0 atom stereocenters. The zero-order chi connectivity index (χ0) is 18.1. The Bertz CT molecular complexity index is 982. The molecule has 6 nitrogen and oxygen atoms in total. The number of hydrogen-bond acceptors (Lipinski definition) is 6. The van der Waals surface area contributed by atoms with E-state index in [1.165, 1.54) is 0 Å². The second-order valence-corrected chi connectivity index (χ2v) is 7.22. The van der Waals surface area contributed by atoms with Gasteiger partial charge in [-0.05, 0) is 36.1 Å². The molecule has 3 heterocycles. The number of aromatic hydroxyl groups is 1. The lowest BCUT2D eigenvalue weighted by Gasteiger charge is -2.28. The number of methoxy groups -OCH3 is 1. The number of nitrogens with zero attached hydrogens (tertiary/aromatic N) is 2. The number of phenolic OH excluding ortho intramolecular Hbond substituents is 1. The fourth-order valence-electron chi connectivity index (χ4n) is 3.22. The maximum absolute atomic E-state index is 12.4. The maximum atomic E-state index is 12.4. The molecule has 0 fully saturated rings. The van der Waals surface area contributed by atoms with Gasteiger partial charge in [-0.25, -0.2) is 4.98 Å². The largest absolute Gasteiger partial charge is 0.508 e. The van der Waals surface area contributed by atoms with Gasteiger partial charge in [0, 0.05) is 30.8 Å². The Labute approximate surface area is 154 Å². The molecule has 3 aromatic rings. The summed E-state index contributed by atoms with van der Waals surface area (Å²) in [4.78, 5) is 23.1. The number of thiophene rings is 1. The van der Waals surface area contributed by atoms with Gasteiger partial charge in [-0.3, -0.25) is 9.69 Å². The van der Waals surface area contributed by atoms with E-state index in [4.69, 9.17) is 9.72 Å². The maximum Gasteiger partial charge on any atom is 0.254 e. The molecular formula is C19H19N3O3S. The van der Waals surface area contributed by atoms with Crippen molar-refractivity contribution in [3.8, 4) is 22.2 Å². The Hall–Kier alpha value is -2.64. The number of rotatable bonds is 4. The number of H-pyrrole nitrogens is 1. The molecule has 0 amide bonds. The Morgan fingerprint density at radius 3 is 3.04 bits per heavy atom. The summed E-state index contributed by atoms with van der Waals surface area (Å²) in [6, 6.07) is 9.11. The van der Waals surface area contributed by atoms with E-state index in [1.54, 1.807) is 30.6 Å². The Morgan fingerprint density at radius 2 is 2.27 bits per heavy atom. The highest BCUT2D eigenvalue weighted by Crippen LogP contribution is 2.27. The highest BCUT2D eigenvalue weighted by atomic mass is 32.1. The van der Waals surface area contributed by atoms with E-state index in [2.05, 4.69) is 9.88 Å². The summed E-state index contributed by atoms with van der Waals surface area (Å²) >= 11 is 1.55. The van der Waals surface area contributed by atoms with Crippen molar-refractivity contribution in [2.24, 2.45) is 0 Å². The monoisotopic (exact) mass is 369 g/mol. The molecule has 0 unspecified atom stereocenters. The second kappa shape index (κ2) is 6.93. The molecule has 1 aliphatic heterocycles. The van der Waals surface area contributed by atoms with Crippen molar-refractivity contribution in [2.45, 2.75) is 19.5 Å². The Morgan fingerprint density at radius 1 is 1.38 bits per heavy atom. The summed E-state index contributed by atoms with van der Waals surface area (Å²) in [7, 11) is 1.61. The first-order valence-electron chi connectivity index (χ1n) is 8.38. The number of fused-ring (bicyclic) bond motifs is 1. The topological polar surface area (TPSA) is 78.5 Å². The van der Waals surface area contributed by atoms with Gasteiger partial charge in [-0.1, -0.05) is 6.07 Å². The van der Waals surface area contributed by atoms with Crippen LogP contribution in [0.3, 0.4) is 0 Å². The molecule has 134 valence electrons. The van der Waals surface area contributed by atoms with E-state index in [0.29, 0.717) is 31.1 Å². The summed E-state index contributed by atoms with van der Waals surface area (Å²) in [5.74, 6) is 1.58. The molecule has 2 N–H and O–H groups in total. The first kappa shape index (κ1) is 16.8. The SMILES string of the molecule is COc1ccc(O)c(CN2CCc3c(nc(-c4cccs4)[nH]c3=O)C2)c1. The van der Waals surface area contributed by atoms with Gasteiger partial charge in [0.05, 0.1) is 17.7 Å². The summed E-state index contributed by atoms with van der Waals surface area (Å²) in [5.41, 5.74) is 2.32. The molecule has 2 aromatic heterocycles. The van der Waals surface area contributed by atoms with Crippen LogP contribution in [0.4, 0.5) is 0 Å². The second-order valence-electron chi connectivity index (χ2n) is 6.27. The highest BCUT2D eigenvalue weighted by Gasteiger charge is 2.22. The van der Waals surface area contributed by atoms with Gasteiger partial charge in [-0.2, -0.15) is 0 Å². The smallest absolute Gasteiger partial charge is 0.254 e. The number of aromatic amines is 1. The number of aromatic nitrogens is 2. The summed E-state index contributed by atoms with van der Waals surface area (Å²) in [6.07, 6.45) is 0.646. The molecule has 0 aliphatic carbocycles. The van der Waals surface area contributed by atoms with Gasteiger partial charge in [0.1, 0.15) is 11.5 Å². The van der Waals surface area contributed by atoms with Crippen molar-refractivity contribution in [3.63, 3.8) is 0 Å². The lowest BCUT2D eigenvalue weighted by Crippen LogP contribution is -2.35. The number of nitrogens with one attached hydrogen (secondary N) is 1. The molecule has 0 spiro atoms. The van der Waals surface area contributed by atoms with Gasteiger partial charge < -0.3 is 14.8 Å². The van der Waals surface area contributed by atoms with Crippen LogP contribution >= 0.6 is 11.3 Å². The predicted octanol–water partition coefficient (Wildman–Crippen LogP) is 2.77. The quantitative estimate of drug-likeness (QED) is 0.739. The van der Waals surface area contributed by atoms with Gasteiger partial charge in [0.25, 0.3) is 5.56 Å². The van der Waals surface area contributed by atoms with E-state index < -0.39 is 0 Å². The van der Waals surface area contributed by atoms with E-state index in [1.807, 2.05) is 23.6 Å². The normalized spacial score (nSPS) is 14.2. The third kappa shape index (κ3) is 3.23. The number of phenols is 1. The van der Waals surface area contributed by atoms with E-state index in [-0.39, 0.29) is 11.3 Å². The zero-order valence-corrected chi connectivity index (χ0v) is 15.2. The van der Waals surface area contributed by atoms with Crippen LogP contribution in [0.25, 0.3) is 10.7 Å². The molecule has 26 heavy (non-hydrogen) atoms. The highest BCUT2D eigenvalue weighted by molar-refractivity contribution is 7.13. The molecule has 0 bridgehead atoms. The first-order valence-corrected chi connectivity index (χ1v) is 9.26. The van der Waals surface area contributed by atoms with Crippen molar-refractivity contribution < 1.29 is 9.84 Å². The van der Waals surface area contributed by atoms with Gasteiger partial charge in [0.2, 0.25) is 0 Å². The molecule has 0 radical (unpaired) electrons. The van der Waals surface area contributed by atoms with Gasteiger partial charge >= 0.3 is 0 Å². The number of hydrogen-bond donors (Lipinski definition) is 2. The molecule has 0 saturated heterocycles. The van der Waals surface area contributed by atoms with Crippen molar-refractivity contribution in [1.82, 2.24) is 14.9 Å². The zero-order valence-electron chi connectivity index (χ0n) is 14.4. The van der Waals surface area contributed by atoms with Crippen molar-refractivity contribution >= 4 is 11.3 Å². The molecule has 7 heteroatoms.